The van der Waals surface area contributed by atoms with Crippen LogP contribution in [0.25, 0.3) is 0 Å². The van der Waals surface area contributed by atoms with E-state index in [4.69, 9.17) is 5.11 Å². The summed E-state index contributed by atoms with van der Waals surface area (Å²) in [5.74, 6) is -1.17. The molecule has 2 aromatic rings. The molecule has 1 aromatic heterocycles. The van der Waals surface area contributed by atoms with Crippen LogP contribution in [0.4, 0.5) is 10.1 Å². The number of rotatable bonds is 4. The van der Waals surface area contributed by atoms with E-state index >= 15 is 0 Å². The van der Waals surface area contributed by atoms with Crippen molar-refractivity contribution in [2.75, 3.05) is 11.9 Å². The van der Waals surface area contributed by atoms with Crippen molar-refractivity contribution in [3.63, 3.8) is 0 Å². The number of carboxylic acids is 1. The van der Waals surface area contributed by atoms with Crippen LogP contribution in [-0.2, 0) is 6.54 Å². The zero-order valence-corrected chi connectivity index (χ0v) is 10.6. The summed E-state index contributed by atoms with van der Waals surface area (Å²) in [6, 6.07) is 9.60. The first kappa shape index (κ1) is 12.6. The van der Waals surface area contributed by atoms with Crippen molar-refractivity contribution in [1.82, 2.24) is 0 Å². The standard InChI is InChI=1S/C13H12FNO2S/c1-15(10-4-2-9(14)3-5-10)8-11-6-7-12(18-11)13(16)17/h2-7H,8H2,1H3,(H,16,17). The summed E-state index contributed by atoms with van der Waals surface area (Å²) in [5.41, 5.74) is 0.890. The van der Waals surface area contributed by atoms with Crippen LogP contribution in [-0.4, -0.2) is 18.1 Å². The predicted octanol–water partition coefficient (Wildman–Crippen LogP) is 3.22. The lowest BCUT2D eigenvalue weighted by molar-refractivity contribution is 0.0702. The first-order valence-corrected chi connectivity index (χ1v) is 6.16. The zero-order valence-electron chi connectivity index (χ0n) is 9.76. The van der Waals surface area contributed by atoms with E-state index in [9.17, 15) is 9.18 Å². The van der Waals surface area contributed by atoms with Crippen molar-refractivity contribution in [1.29, 1.82) is 0 Å². The molecule has 0 aliphatic heterocycles. The van der Waals surface area contributed by atoms with Crippen LogP contribution in [0.5, 0.6) is 0 Å². The molecule has 0 fully saturated rings. The van der Waals surface area contributed by atoms with Gasteiger partial charge in [-0.15, -0.1) is 11.3 Å². The second-order valence-electron chi connectivity index (χ2n) is 3.90. The van der Waals surface area contributed by atoms with E-state index in [1.807, 2.05) is 11.9 Å². The number of carboxylic acid groups (broad SMARTS) is 1. The van der Waals surface area contributed by atoms with E-state index in [-0.39, 0.29) is 5.82 Å². The summed E-state index contributed by atoms with van der Waals surface area (Å²) in [5, 5.41) is 8.83. The monoisotopic (exact) mass is 265 g/mol. The summed E-state index contributed by atoms with van der Waals surface area (Å²) in [6.45, 7) is 0.601. The summed E-state index contributed by atoms with van der Waals surface area (Å²) in [6.07, 6.45) is 0. The highest BCUT2D eigenvalue weighted by molar-refractivity contribution is 7.13. The molecular formula is C13H12FNO2S. The van der Waals surface area contributed by atoms with Gasteiger partial charge >= 0.3 is 5.97 Å². The van der Waals surface area contributed by atoms with E-state index in [1.165, 1.54) is 23.5 Å². The van der Waals surface area contributed by atoms with E-state index in [1.54, 1.807) is 24.3 Å². The minimum absolute atomic E-state index is 0.267. The number of hydrogen-bond donors (Lipinski definition) is 1. The molecule has 5 heteroatoms. The summed E-state index contributed by atoms with van der Waals surface area (Å²) >= 11 is 1.25. The molecule has 0 spiro atoms. The summed E-state index contributed by atoms with van der Waals surface area (Å²) in [4.78, 5) is 14.0. The molecule has 0 unspecified atom stereocenters. The third-order valence-electron chi connectivity index (χ3n) is 2.53. The van der Waals surface area contributed by atoms with Crippen LogP contribution >= 0.6 is 11.3 Å². The Hall–Kier alpha value is -1.88. The van der Waals surface area contributed by atoms with Crippen molar-refractivity contribution in [3.05, 3.63) is 52.0 Å². The second-order valence-corrected chi connectivity index (χ2v) is 5.07. The molecule has 0 atom stereocenters. The fourth-order valence-corrected chi connectivity index (χ4v) is 2.50. The number of halogens is 1. The van der Waals surface area contributed by atoms with Crippen LogP contribution < -0.4 is 4.90 Å². The van der Waals surface area contributed by atoms with Crippen molar-refractivity contribution in [3.8, 4) is 0 Å². The van der Waals surface area contributed by atoms with Gasteiger partial charge in [-0.3, -0.25) is 0 Å². The van der Waals surface area contributed by atoms with Gasteiger partial charge in [0.1, 0.15) is 10.7 Å². The fraction of sp³-hybridized carbons (Fsp3) is 0.154. The van der Waals surface area contributed by atoms with Crippen molar-refractivity contribution < 1.29 is 14.3 Å². The van der Waals surface area contributed by atoms with Gasteiger partial charge in [0, 0.05) is 17.6 Å². The Morgan fingerprint density at radius 3 is 2.50 bits per heavy atom. The predicted molar refractivity (Wildman–Crippen MR) is 69.8 cm³/mol. The molecule has 0 aliphatic carbocycles. The highest BCUT2D eigenvalue weighted by Gasteiger charge is 2.09. The van der Waals surface area contributed by atoms with E-state index < -0.39 is 5.97 Å². The maximum absolute atomic E-state index is 12.8. The quantitative estimate of drug-likeness (QED) is 0.922. The Labute approximate surface area is 108 Å². The van der Waals surface area contributed by atoms with E-state index in [0.29, 0.717) is 11.4 Å². The Kier molecular flexibility index (Phi) is 3.62. The Bertz CT molecular complexity index is 550. The van der Waals surface area contributed by atoms with Gasteiger partial charge in [-0.25, -0.2) is 9.18 Å². The molecule has 1 aromatic carbocycles. The first-order chi connectivity index (χ1) is 8.56. The van der Waals surface area contributed by atoms with Crippen molar-refractivity contribution in [2.45, 2.75) is 6.54 Å². The normalized spacial score (nSPS) is 10.3. The van der Waals surface area contributed by atoms with Gasteiger partial charge in [0.15, 0.2) is 0 Å². The fourth-order valence-electron chi connectivity index (χ4n) is 1.60. The topological polar surface area (TPSA) is 40.5 Å². The summed E-state index contributed by atoms with van der Waals surface area (Å²) in [7, 11) is 1.88. The molecule has 0 saturated carbocycles. The number of aromatic carboxylic acids is 1. The molecule has 0 amide bonds. The van der Waals surface area contributed by atoms with Gasteiger partial charge < -0.3 is 10.0 Å². The first-order valence-electron chi connectivity index (χ1n) is 5.35. The minimum Gasteiger partial charge on any atom is -0.477 e. The van der Waals surface area contributed by atoms with Gasteiger partial charge in [0.2, 0.25) is 0 Å². The van der Waals surface area contributed by atoms with Gasteiger partial charge in [-0.05, 0) is 36.4 Å². The number of hydrogen-bond acceptors (Lipinski definition) is 3. The van der Waals surface area contributed by atoms with E-state index in [2.05, 4.69) is 0 Å². The van der Waals surface area contributed by atoms with Crippen LogP contribution in [0.1, 0.15) is 14.5 Å². The molecule has 1 N–H and O–H groups in total. The maximum Gasteiger partial charge on any atom is 0.345 e. The highest BCUT2D eigenvalue weighted by Crippen LogP contribution is 2.21. The molecule has 3 nitrogen and oxygen atoms in total. The third-order valence-corrected chi connectivity index (χ3v) is 3.59. The number of carbonyl (C=O) groups is 1. The van der Waals surface area contributed by atoms with Crippen LogP contribution in [0.2, 0.25) is 0 Å². The molecule has 0 bridgehead atoms. The number of thiophene rings is 1. The Balaban J connectivity index is 2.08. The molecule has 0 aliphatic rings. The van der Waals surface area contributed by atoms with Gasteiger partial charge in [0.05, 0.1) is 6.54 Å². The number of benzene rings is 1. The lowest BCUT2D eigenvalue weighted by atomic mass is 10.3. The molecule has 2 rings (SSSR count). The Morgan fingerprint density at radius 2 is 1.94 bits per heavy atom. The number of anilines is 1. The average molecular weight is 265 g/mol. The molecule has 0 radical (unpaired) electrons. The molecule has 1 heterocycles. The van der Waals surface area contributed by atoms with Crippen molar-refractivity contribution in [2.24, 2.45) is 0 Å². The molecular weight excluding hydrogens is 253 g/mol. The van der Waals surface area contributed by atoms with Gasteiger partial charge in [0.25, 0.3) is 0 Å². The second kappa shape index (κ2) is 5.18. The van der Waals surface area contributed by atoms with Gasteiger partial charge in [-0.1, -0.05) is 0 Å². The molecule has 18 heavy (non-hydrogen) atoms. The number of nitrogens with zero attached hydrogens (tertiary/aromatic N) is 1. The largest absolute Gasteiger partial charge is 0.477 e. The summed E-state index contributed by atoms with van der Waals surface area (Å²) < 4.78 is 12.8. The lowest BCUT2D eigenvalue weighted by Crippen LogP contribution is -2.15. The van der Waals surface area contributed by atoms with Gasteiger partial charge in [-0.2, -0.15) is 0 Å². The lowest BCUT2D eigenvalue weighted by Gasteiger charge is -2.18. The third kappa shape index (κ3) is 2.87. The SMILES string of the molecule is CN(Cc1ccc(C(=O)O)s1)c1ccc(F)cc1. The maximum atomic E-state index is 12.8. The zero-order chi connectivity index (χ0) is 13.1. The van der Waals surface area contributed by atoms with Crippen LogP contribution in [0.15, 0.2) is 36.4 Å². The van der Waals surface area contributed by atoms with E-state index in [0.717, 1.165) is 10.6 Å². The van der Waals surface area contributed by atoms with Crippen LogP contribution in [0, 0.1) is 5.82 Å². The average Bonchev–Trinajstić information content (AvgIpc) is 2.78. The molecule has 94 valence electrons. The highest BCUT2D eigenvalue weighted by atomic mass is 32.1. The Morgan fingerprint density at radius 1 is 1.28 bits per heavy atom. The minimum atomic E-state index is -0.907. The smallest absolute Gasteiger partial charge is 0.345 e. The van der Waals surface area contributed by atoms with Crippen molar-refractivity contribution >= 4 is 23.0 Å². The van der Waals surface area contributed by atoms with Crippen LogP contribution in [0.3, 0.4) is 0 Å². The molecule has 0 saturated heterocycles.